The highest BCUT2D eigenvalue weighted by Crippen LogP contribution is 2.44. The number of carbonyl (C=O) groups excluding carboxylic acids is 2. The van der Waals surface area contributed by atoms with Crippen LogP contribution in [0, 0.1) is 0 Å². The average Bonchev–Trinajstić information content (AvgIpc) is 3.02. The molecule has 14 heteroatoms. The number of carboxylic acid groups (broad SMARTS) is 1. The zero-order chi connectivity index (χ0) is 18.5. The van der Waals surface area contributed by atoms with Crippen LogP contribution >= 0.6 is 0 Å². The van der Waals surface area contributed by atoms with Crippen molar-refractivity contribution in [2.24, 2.45) is 0 Å². The number of methoxy groups -OCH3 is 1. The number of hydrogen-bond donors (Lipinski definition) is 2. The van der Waals surface area contributed by atoms with Crippen LogP contribution in [0.15, 0.2) is 6.20 Å². The quantitative estimate of drug-likeness (QED) is 0.465. The van der Waals surface area contributed by atoms with E-state index in [0.29, 0.717) is 5.06 Å². The number of amides is 2. The number of carboxylic acids is 1. The SMILES string of the molecule is COC(=O)C1c2c(cnn2CC(=O)O)[C@H]2CN1C(=O)N2OS(=O)(=O)O. The van der Waals surface area contributed by atoms with E-state index in [1.54, 1.807) is 0 Å². The average molecular weight is 376 g/mol. The van der Waals surface area contributed by atoms with E-state index in [-0.39, 0.29) is 17.8 Å². The molecule has 0 radical (unpaired) electrons. The lowest BCUT2D eigenvalue weighted by atomic mass is 9.98. The molecule has 2 amide bonds. The Balaban J connectivity index is 2.12. The van der Waals surface area contributed by atoms with E-state index in [4.69, 9.17) is 9.66 Å². The van der Waals surface area contributed by atoms with Crippen molar-refractivity contribution < 1.29 is 41.5 Å². The fourth-order valence-corrected chi connectivity index (χ4v) is 3.31. The summed E-state index contributed by atoms with van der Waals surface area (Å²) in [7, 11) is -3.91. The van der Waals surface area contributed by atoms with Crippen molar-refractivity contribution >= 4 is 28.4 Å². The number of esters is 1. The van der Waals surface area contributed by atoms with Crippen LogP contribution in [-0.2, 0) is 35.6 Å². The molecule has 25 heavy (non-hydrogen) atoms. The molecule has 0 aromatic carbocycles. The monoisotopic (exact) mass is 376 g/mol. The lowest BCUT2D eigenvalue weighted by molar-refractivity contribution is -0.147. The molecule has 1 saturated heterocycles. The van der Waals surface area contributed by atoms with Crippen molar-refractivity contribution in [1.29, 1.82) is 0 Å². The second-order valence-corrected chi connectivity index (χ2v) is 6.25. The van der Waals surface area contributed by atoms with Gasteiger partial charge in [-0.25, -0.2) is 9.59 Å². The predicted molar refractivity (Wildman–Crippen MR) is 73.9 cm³/mol. The molecule has 1 aromatic rings. The molecule has 0 saturated carbocycles. The van der Waals surface area contributed by atoms with Crippen molar-refractivity contribution in [2.45, 2.75) is 18.6 Å². The summed E-state index contributed by atoms with van der Waals surface area (Å²) in [4.78, 5) is 36.5. The summed E-state index contributed by atoms with van der Waals surface area (Å²) in [5.74, 6) is -2.10. The molecule has 1 unspecified atom stereocenters. The van der Waals surface area contributed by atoms with Gasteiger partial charge in [0.25, 0.3) is 0 Å². The molecule has 3 rings (SSSR count). The van der Waals surface area contributed by atoms with Gasteiger partial charge in [-0.3, -0.25) is 14.0 Å². The Morgan fingerprint density at radius 3 is 2.68 bits per heavy atom. The molecule has 2 bridgehead atoms. The van der Waals surface area contributed by atoms with E-state index >= 15 is 0 Å². The third-order valence-corrected chi connectivity index (χ3v) is 4.16. The number of aliphatic carboxylic acids is 1. The number of carbonyl (C=O) groups is 3. The highest BCUT2D eigenvalue weighted by molar-refractivity contribution is 7.80. The van der Waals surface area contributed by atoms with Crippen LogP contribution in [-0.4, -0.2) is 69.4 Å². The molecular weight excluding hydrogens is 364 g/mol. The van der Waals surface area contributed by atoms with Crippen LogP contribution in [0.2, 0.25) is 0 Å². The van der Waals surface area contributed by atoms with Gasteiger partial charge >= 0.3 is 28.4 Å². The second kappa shape index (κ2) is 5.68. The highest BCUT2D eigenvalue weighted by Gasteiger charge is 2.54. The maximum atomic E-state index is 12.4. The van der Waals surface area contributed by atoms with Gasteiger partial charge in [0.2, 0.25) is 0 Å². The molecule has 2 aliphatic heterocycles. The number of hydrogen-bond acceptors (Lipinski definition) is 8. The molecule has 13 nitrogen and oxygen atoms in total. The summed E-state index contributed by atoms with van der Waals surface area (Å²) in [5, 5.41) is 13.2. The van der Waals surface area contributed by atoms with Crippen molar-refractivity contribution in [3.05, 3.63) is 17.5 Å². The fourth-order valence-electron chi connectivity index (χ4n) is 2.94. The smallest absolute Gasteiger partial charge is 0.418 e. The van der Waals surface area contributed by atoms with Gasteiger partial charge in [0.05, 0.1) is 25.5 Å². The van der Waals surface area contributed by atoms with Crippen LogP contribution in [0.5, 0.6) is 0 Å². The molecule has 136 valence electrons. The largest absolute Gasteiger partial charge is 0.480 e. The number of ether oxygens (including phenoxy) is 1. The standard InChI is InChI=1S/C11H12N4O9S/c1-23-10(18)9-8-5(2-12-14(8)4-7(16)17)6-3-13(9)11(19)15(6)24-25(20,21)22/h2,6,9H,3-4H2,1H3,(H,16,17)(H,20,21,22)/t6-,9?/m1/s1. The van der Waals surface area contributed by atoms with E-state index in [9.17, 15) is 22.8 Å². The van der Waals surface area contributed by atoms with Crippen LogP contribution in [0.25, 0.3) is 0 Å². The number of fused-ring (bicyclic) bond motifs is 4. The van der Waals surface area contributed by atoms with Gasteiger partial charge in [-0.2, -0.15) is 18.6 Å². The minimum atomic E-state index is -5.00. The number of hydroxylamine groups is 2. The molecule has 0 spiro atoms. The van der Waals surface area contributed by atoms with Gasteiger partial charge in [0, 0.05) is 5.56 Å². The minimum Gasteiger partial charge on any atom is -0.480 e. The summed E-state index contributed by atoms with van der Waals surface area (Å²) in [6.07, 6.45) is 1.20. The number of urea groups is 1. The number of aromatic nitrogens is 2. The zero-order valence-electron chi connectivity index (χ0n) is 12.6. The Kier molecular flexibility index (Phi) is 3.89. The van der Waals surface area contributed by atoms with Crippen molar-refractivity contribution in [3.8, 4) is 0 Å². The summed E-state index contributed by atoms with van der Waals surface area (Å²) in [5.41, 5.74) is 0.280. The molecule has 1 aromatic heterocycles. The van der Waals surface area contributed by atoms with E-state index in [2.05, 4.69) is 14.1 Å². The van der Waals surface area contributed by atoms with E-state index in [1.165, 1.54) is 6.20 Å². The normalized spacial score (nSPS) is 22.1. The Labute approximate surface area is 140 Å². The molecule has 0 aliphatic carbocycles. The van der Waals surface area contributed by atoms with Gasteiger partial charge in [-0.05, 0) is 0 Å². The first-order valence-corrected chi connectivity index (χ1v) is 8.12. The maximum Gasteiger partial charge on any atom is 0.418 e. The summed E-state index contributed by atoms with van der Waals surface area (Å²) >= 11 is 0. The lowest BCUT2D eigenvalue weighted by Crippen LogP contribution is -2.40. The highest BCUT2D eigenvalue weighted by atomic mass is 32.3. The summed E-state index contributed by atoms with van der Waals surface area (Å²) in [6, 6.07) is -3.34. The van der Waals surface area contributed by atoms with Crippen molar-refractivity contribution in [1.82, 2.24) is 19.7 Å². The van der Waals surface area contributed by atoms with Crippen LogP contribution < -0.4 is 0 Å². The lowest BCUT2D eigenvalue weighted by Gasteiger charge is -2.29. The molecular formula is C11H12N4O9S. The third-order valence-electron chi connectivity index (χ3n) is 3.81. The Morgan fingerprint density at radius 2 is 2.12 bits per heavy atom. The third kappa shape index (κ3) is 2.79. The van der Waals surface area contributed by atoms with E-state index in [0.717, 1.165) is 16.7 Å². The van der Waals surface area contributed by atoms with Gasteiger partial charge in [0.1, 0.15) is 12.6 Å². The van der Waals surface area contributed by atoms with Crippen molar-refractivity contribution in [2.75, 3.05) is 13.7 Å². The minimum absolute atomic E-state index is 0.0697. The van der Waals surface area contributed by atoms with Gasteiger partial charge in [-0.1, -0.05) is 0 Å². The summed E-state index contributed by atoms with van der Waals surface area (Å²) in [6.45, 7) is -0.726. The van der Waals surface area contributed by atoms with E-state index < -0.39 is 47.0 Å². The Bertz CT molecular complexity index is 863. The van der Waals surface area contributed by atoms with Gasteiger partial charge < -0.3 is 14.7 Å². The topological polar surface area (TPSA) is 169 Å². The van der Waals surface area contributed by atoms with Crippen LogP contribution in [0.3, 0.4) is 0 Å². The first-order chi connectivity index (χ1) is 11.6. The van der Waals surface area contributed by atoms with E-state index in [1.807, 2.05) is 0 Å². The first-order valence-electron chi connectivity index (χ1n) is 6.76. The Morgan fingerprint density at radius 1 is 1.44 bits per heavy atom. The van der Waals surface area contributed by atoms with Crippen LogP contribution in [0.4, 0.5) is 4.79 Å². The predicted octanol–water partition coefficient (Wildman–Crippen LogP) is -1.29. The van der Waals surface area contributed by atoms with Crippen LogP contribution in [0.1, 0.15) is 23.3 Å². The molecule has 2 N–H and O–H groups in total. The maximum absolute atomic E-state index is 12.4. The fraction of sp³-hybridized carbons (Fsp3) is 0.455. The second-order valence-electron chi connectivity index (χ2n) is 5.24. The number of rotatable bonds is 5. The zero-order valence-corrected chi connectivity index (χ0v) is 13.4. The van der Waals surface area contributed by atoms with Crippen molar-refractivity contribution in [3.63, 3.8) is 0 Å². The van der Waals surface area contributed by atoms with Gasteiger partial charge in [-0.15, -0.1) is 4.28 Å². The number of nitrogens with zero attached hydrogens (tertiary/aromatic N) is 4. The van der Waals surface area contributed by atoms with Gasteiger partial charge in [0.15, 0.2) is 6.04 Å². The molecule has 3 heterocycles. The molecule has 2 aliphatic rings. The summed E-state index contributed by atoms with van der Waals surface area (Å²) < 4.78 is 40.8. The Hall–Kier alpha value is -2.71. The molecule has 1 fully saturated rings. The molecule has 2 atom stereocenters. The first kappa shape index (κ1) is 17.1.